The van der Waals surface area contributed by atoms with E-state index < -0.39 is 0 Å². The van der Waals surface area contributed by atoms with Gasteiger partial charge in [-0.25, -0.2) is 4.79 Å². The van der Waals surface area contributed by atoms with Gasteiger partial charge in [-0.15, -0.1) is 0 Å². The number of nitrogens with zero attached hydrogens (tertiary/aromatic N) is 4. The number of carbonyl (C=O) groups excluding carboxylic acids is 2. The van der Waals surface area contributed by atoms with E-state index in [1.165, 1.54) is 5.56 Å². The molecule has 27 heavy (non-hydrogen) atoms. The first kappa shape index (κ1) is 17.6. The number of benzene rings is 1. The van der Waals surface area contributed by atoms with Crippen molar-refractivity contribution in [2.24, 2.45) is 0 Å². The summed E-state index contributed by atoms with van der Waals surface area (Å²) in [6.45, 7) is 2.29. The first-order chi connectivity index (χ1) is 13.0. The fourth-order valence-corrected chi connectivity index (χ4v) is 3.99. The van der Waals surface area contributed by atoms with Gasteiger partial charge in [-0.3, -0.25) is 9.48 Å². The van der Waals surface area contributed by atoms with Crippen LogP contribution in [0.4, 0.5) is 4.79 Å². The molecule has 0 fully saturated rings. The second kappa shape index (κ2) is 7.06. The molecule has 0 bridgehead atoms. The van der Waals surface area contributed by atoms with Gasteiger partial charge in [0.1, 0.15) is 0 Å². The lowest BCUT2D eigenvalue weighted by atomic mass is 10.0. The predicted octanol–water partition coefficient (Wildman–Crippen LogP) is 1.73. The molecule has 1 aliphatic carbocycles. The molecule has 1 aromatic heterocycles. The molecular formula is C20H25N5O2. The van der Waals surface area contributed by atoms with E-state index >= 15 is 0 Å². The van der Waals surface area contributed by atoms with Crippen LogP contribution in [0, 0.1) is 0 Å². The van der Waals surface area contributed by atoms with Crippen molar-refractivity contribution in [2.75, 3.05) is 20.6 Å². The van der Waals surface area contributed by atoms with Crippen molar-refractivity contribution in [3.63, 3.8) is 0 Å². The Morgan fingerprint density at radius 3 is 2.89 bits per heavy atom. The van der Waals surface area contributed by atoms with Gasteiger partial charge in [-0.05, 0) is 30.0 Å². The van der Waals surface area contributed by atoms with Crippen molar-refractivity contribution in [2.45, 2.75) is 38.4 Å². The standard InChI is InChI=1S/C20H25N5O2/c1-23(2)20(27)24-9-10-25-16(13-24)11-15(22-25)12-21-19(26)18-8-7-14-5-3-4-6-17(14)18/h3-6,11,18H,7-10,12-13H2,1-2H3,(H,21,26)/t18-/m1/s1. The summed E-state index contributed by atoms with van der Waals surface area (Å²) >= 11 is 0. The number of fused-ring (bicyclic) bond motifs is 2. The number of hydrogen-bond acceptors (Lipinski definition) is 3. The average Bonchev–Trinajstić information content (AvgIpc) is 3.28. The molecule has 0 radical (unpaired) electrons. The predicted molar refractivity (Wildman–Crippen MR) is 101 cm³/mol. The summed E-state index contributed by atoms with van der Waals surface area (Å²) < 4.78 is 1.94. The average molecular weight is 367 g/mol. The molecule has 1 atom stereocenters. The zero-order chi connectivity index (χ0) is 19.0. The quantitative estimate of drug-likeness (QED) is 0.898. The minimum atomic E-state index is -0.0633. The highest BCUT2D eigenvalue weighted by atomic mass is 16.2. The SMILES string of the molecule is CN(C)C(=O)N1CCn2nc(CNC(=O)[C@@H]3CCc4ccccc43)cc2C1. The first-order valence-electron chi connectivity index (χ1n) is 9.40. The fourth-order valence-electron chi connectivity index (χ4n) is 3.99. The van der Waals surface area contributed by atoms with Crippen LogP contribution in [0.3, 0.4) is 0 Å². The summed E-state index contributed by atoms with van der Waals surface area (Å²) in [6.07, 6.45) is 1.83. The fraction of sp³-hybridized carbons (Fsp3) is 0.450. The summed E-state index contributed by atoms with van der Waals surface area (Å²) in [4.78, 5) is 28.2. The van der Waals surface area contributed by atoms with E-state index in [2.05, 4.69) is 22.5 Å². The Labute approximate surface area is 158 Å². The Bertz CT molecular complexity index is 873. The zero-order valence-corrected chi connectivity index (χ0v) is 15.8. The van der Waals surface area contributed by atoms with Crippen LogP contribution >= 0.6 is 0 Å². The maximum Gasteiger partial charge on any atom is 0.319 e. The molecule has 7 heteroatoms. The van der Waals surface area contributed by atoms with Crippen LogP contribution in [0.15, 0.2) is 30.3 Å². The molecule has 3 amide bonds. The van der Waals surface area contributed by atoms with Crippen LogP contribution in [0.25, 0.3) is 0 Å². The number of rotatable bonds is 3. The normalized spacial score (nSPS) is 18.0. The van der Waals surface area contributed by atoms with Crippen molar-refractivity contribution < 1.29 is 9.59 Å². The number of urea groups is 1. The van der Waals surface area contributed by atoms with E-state index in [0.717, 1.165) is 29.8 Å². The molecule has 1 N–H and O–H groups in total. The molecule has 0 saturated carbocycles. The minimum absolute atomic E-state index is 0.0113. The van der Waals surface area contributed by atoms with Crippen LogP contribution in [-0.2, 0) is 30.8 Å². The van der Waals surface area contributed by atoms with E-state index in [9.17, 15) is 9.59 Å². The smallest absolute Gasteiger partial charge is 0.319 e. The van der Waals surface area contributed by atoms with Gasteiger partial charge in [0.15, 0.2) is 0 Å². The van der Waals surface area contributed by atoms with Crippen LogP contribution in [0.2, 0.25) is 0 Å². The highest BCUT2D eigenvalue weighted by Crippen LogP contribution is 2.32. The lowest BCUT2D eigenvalue weighted by molar-refractivity contribution is -0.122. The van der Waals surface area contributed by atoms with Crippen molar-refractivity contribution >= 4 is 11.9 Å². The molecule has 142 valence electrons. The lowest BCUT2D eigenvalue weighted by Gasteiger charge is -2.29. The number of hydrogen-bond donors (Lipinski definition) is 1. The van der Waals surface area contributed by atoms with Gasteiger partial charge in [0.05, 0.1) is 36.9 Å². The third kappa shape index (κ3) is 3.41. The van der Waals surface area contributed by atoms with Crippen LogP contribution in [0.5, 0.6) is 0 Å². The molecule has 0 unspecified atom stereocenters. The monoisotopic (exact) mass is 367 g/mol. The molecular weight excluding hydrogens is 342 g/mol. The van der Waals surface area contributed by atoms with Gasteiger partial charge in [-0.1, -0.05) is 24.3 Å². The largest absolute Gasteiger partial charge is 0.350 e. The van der Waals surface area contributed by atoms with E-state index in [1.54, 1.807) is 19.0 Å². The van der Waals surface area contributed by atoms with Crippen molar-refractivity contribution in [3.05, 3.63) is 52.8 Å². The number of amides is 3. The highest BCUT2D eigenvalue weighted by Gasteiger charge is 2.28. The molecule has 4 rings (SSSR count). The number of aromatic nitrogens is 2. The summed E-state index contributed by atoms with van der Waals surface area (Å²) in [7, 11) is 3.52. The molecule has 0 saturated heterocycles. The minimum Gasteiger partial charge on any atom is -0.350 e. The number of carbonyl (C=O) groups is 2. The van der Waals surface area contributed by atoms with Gasteiger partial charge in [-0.2, -0.15) is 5.10 Å². The van der Waals surface area contributed by atoms with Crippen LogP contribution < -0.4 is 5.32 Å². The topological polar surface area (TPSA) is 70.5 Å². The molecule has 1 aliphatic heterocycles. The van der Waals surface area contributed by atoms with E-state index in [0.29, 0.717) is 26.2 Å². The van der Waals surface area contributed by atoms with E-state index in [-0.39, 0.29) is 17.9 Å². The Morgan fingerprint density at radius 2 is 2.07 bits per heavy atom. The van der Waals surface area contributed by atoms with Gasteiger partial charge in [0.25, 0.3) is 0 Å². The molecule has 1 aromatic carbocycles. The molecule has 7 nitrogen and oxygen atoms in total. The van der Waals surface area contributed by atoms with Crippen molar-refractivity contribution in [1.82, 2.24) is 24.9 Å². The third-order valence-corrected chi connectivity index (χ3v) is 5.39. The maximum absolute atomic E-state index is 12.6. The molecule has 2 aliphatic rings. The second-order valence-electron chi connectivity index (χ2n) is 7.46. The maximum atomic E-state index is 12.6. The summed E-state index contributed by atoms with van der Waals surface area (Å²) in [5.41, 5.74) is 4.27. The van der Waals surface area contributed by atoms with Crippen molar-refractivity contribution in [1.29, 1.82) is 0 Å². The van der Waals surface area contributed by atoms with E-state index in [4.69, 9.17) is 0 Å². The summed E-state index contributed by atoms with van der Waals surface area (Å²) in [5.74, 6) is 0.00183. The Hall–Kier alpha value is -2.83. The Balaban J connectivity index is 1.38. The van der Waals surface area contributed by atoms with Gasteiger partial charge in [0.2, 0.25) is 5.91 Å². The highest BCUT2D eigenvalue weighted by molar-refractivity contribution is 5.84. The molecule has 2 aromatic rings. The van der Waals surface area contributed by atoms with Gasteiger partial charge >= 0.3 is 6.03 Å². The van der Waals surface area contributed by atoms with Crippen molar-refractivity contribution in [3.8, 4) is 0 Å². The number of aryl methyl sites for hydroxylation is 1. The second-order valence-corrected chi connectivity index (χ2v) is 7.46. The third-order valence-electron chi connectivity index (χ3n) is 5.39. The molecule has 2 heterocycles. The van der Waals surface area contributed by atoms with Gasteiger partial charge in [0, 0.05) is 20.6 Å². The van der Waals surface area contributed by atoms with Crippen LogP contribution in [-0.4, -0.2) is 52.2 Å². The Kier molecular flexibility index (Phi) is 4.59. The summed E-state index contributed by atoms with van der Waals surface area (Å²) in [6, 6.07) is 10.2. The number of nitrogens with one attached hydrogen (secondary N) is 1. The zero-order valence-electron chi connectivity index (χ0n) is 15.8. The van der Waals surface area contributed by atoms with E-state index in [1.807, 2.05) is 27.8 Å². The summed E-state index contributed by atoms with van der Waals surface area (Å²) in [5, 5.41) is 7.62. The van der Waals surface area contributed by atoms with Gasteiger partial charge < -0.3 is 15.1 Å². The first-order valence-corrected chi connectivity index (χ1v) is 9.40. The lowest BCUT2D eigenvalue weighted by Crippen LogP contribution is -2.43. The Morgan fingerprint density at radius 1 is 1.26 bits per heavy atom. The van der Waals surface area contributed by atoms with Crippen LogP contribution in [0.1, 0.15) is 34.9 Å². The molecule has 0 spiro atoms.